The van der Waals surface area contributed by atoms with Gasteiger partial charge in [0.2, 0.25) is 0 Å². The van der Waals surface area contributed by atoms with E-state index in [0.717, 1.165) is 15.8 Å². The number of carbonyl (C=O) groups excluding carboxylic acids is 1. The van der Waals surface area contributed by atoms with Crippen LogP contribution in [0.3, 0.4) is 0 Å². The van der Waals surface area contributed by atoms with Crippen molar-refractivity contribution in [3.05, 3.63) is 50.6 Å². The highest BCUT2D eigenvalue weighted by atomic mass is 79.9. The van der Waals surface area contributed by atoms with Crippen LogP contribution in [0, 0.1) is 0 Å². The average molecular weight is 339 g/mol. The highest BCUT2D eigenvalue weighted by molar-refractivity contribution is 9.10. The van der Waals surface area contributed by atoms with Crippen molar-refractivity contribution in [3.8, 4) is 0 Å². The molecule has 1 unspecified atom stereocenters. The number of thioether (sulfide) groups is 1. The van der Waals surface area contributed by atoms with Crippen LogP contribution >= 0.6 is 39.0 Å². The summed E-state index contributed by atoms with van der Waals surface area (Å²) in [6.45, 7) is 0. The van der Waals surface area contributed by atoms with Crippen molar-refractivity contribution in [2.75, 3.05) is 0 Å². The third-order valence-corrected chi connectivity index (χ3v) is 6.32. The Labute approximate surface area is 123 Å². The van der Waals surface area contributed by atoms with Gasteiger partial charge in [-0.1, -0.05) is 18.2 Å². The average Bonchev–Trinajstić information content (AvgIpc) is 2.96. The molecule has 2 aromatic rings. The lowest BCUT2D eigenvalue weighted by atomic mass is 10.1. The lowest BCUT2D eigenvalue weighted by Crippen LogP contribution is -2.18. The van der Waals surface area contributed by atoms with Gasteiger partial charge in [-0.15, -0.1) is 23.1 Å². The first-order chi connectivity index (χ1) is 8.74. The second-order valence-electron chi connectivity index (χ2n) is 4.25. The standard InChI is InChI=1S/C14H11BrOS2/c15-10-5-6-17-13(10)8-11(16)14-7-9-3-1-2-4-12(9)18-14/h1-6,14H,7-8H2. The van der Waals surface area contributed by atoms with E-state index in [1.807, 2.05) is 23.6 Å². The summed E-state index contributed by atoms with van der Waals surface area (Å²) in [6.07, 6.45) is 1.42. The molecule has 18 heavy (non-hydrogen) atoms. The molecule has 1 aliphatic rings. The molecule has 3 rings (SSSR count). The van der Waals surface area contributed by atoms with Crippen molar-refractivity contribution in [3.63, 3.8) is 0 Å². The van der Waals surface area contributed by atoms with Crippen molar-refractivity contribution in [2.24, 2.45) is 0 Å². The summed E-state index contributed by atoms with van der Waals surface area (Å²) in [5, 5.41) is 2.11. The molecule has 1 nitrogen and oxygen atoms in total. The van der Waals surface area contributed by atoms with E-state index < -0.39 is 0 Å². The van der Waals surface area contributed by atoms with Crippen LogP contribution in [0.5, 0.6) is 0 Å². The van der Waals surface area contributed by atoms with Crippen molar-refractivity contribution in [2.45, 2.75) is 23.0 Å². The zero-order chi connectivity index (χ0) is 12.5. The number of hydrogen-bond acceptors (Lipinski definition) is 3. The fourth-order valence-electron chi connectivity index (χ4n) is 2.08. The minimum Gasteiger partial charge on any atom is -0.298 e. The number of fused-ring (bicyclic) bond motifs is 1. The van der Waals surface area contributed by atoms with Crippen molar-refractivity contribution >= 4 is 44.8 Å². The number of halogens is 1. The number of carbonyl (C=O) groups is 1. The summed E-state index contributed by atoms with van der Waals surface area (Å²) in [5.41, 5.74) is 1.31. The number of thiophene rings is 1. The Bertz CT molecular complexity index is 566. The van der Waals surface area contributed by atoms with Gasteiger partial charge in [-0.25, -0.2) is 0 Å². The first-order valence-corrected chi connectivity index (χ1v) is 8.28. The fourth-order valence-corrected chi connectivity index (χ4v) is 4.83. The SMILES string of the molecule is O=C(Cc1sccc1Br)C1Cc2ccccc2S1. The van der Waals surface area contributed by atoms with Crippen LogP contribution in [0.25, 0.3) is 0 Å². The van der Waals surface area contributed by atoms with Gasteiger partial charge in [0.15, 0.2) is 5.78 Å². The van der Waals surface area contributed by atoms with Gasteiger partial charge in [0.05, 0.1) is 5.25 Å². The molecular formula is C14H11BrOS2. The number of hydrogen-bond donors (Lipinski definition) is 0. The summed E-state index contributed by atoms with van der Waals surface area (Å²) in [7, 11) is 0. The molecule has 0 aliphatic carbocycles. The molecule has 2 heterocycles. The van der Waals surface area contributed by atoms with E-state index in [0.29, 0.717) is 12.2 Å². The van der Waals surface area contributed by atoms with Crippen molar-refractivity contribution in [1.29, 1.82) is 0 Å². The number of Topliss-reactive ketones (excluding diaryl/α,β-unsaturated/α-hetero) is 1. The Kier molecular flexibility index (Phi) is 3.59. The third-order valence-electron chi connectivity index (χ3n) is 3.03. The van der Waals surface area contributed by atoms with E-state index in [4.69, 9.17) is 0 Å². The van der Waals surface area contributed by atoms with Crippen LogP contribution < -0.4 is 0 Å². The van der Waals surface area contributed by atoms with E-state index in [-0.39, 0.29) is 5.25 Å². The van der Waals surface area contributed by atoms with Crippen molar-refractivity contribution < 1.29 is 4.79 Å². The molecule has 1 aromatic heterocycles. The van der Waals surface area contributed by atoms with E-state index in [9.17, 15) is 4.79 Å². The van der Waals surface area contributed by atoms with Gasteiger partial charge in [-0.3, -0.25) is 4.79 Å². The van der Waals surface area contributed by atoms with Gasteiger partial charge < -0.3 is 0 Å². The predicted octanol–water partition coefficient (Wildman–Crippen LogP) is 4.34. The molecular weight excluding hydrogens is 328 g/mol. The molecule has 92 valence electrons. The quantitative estimate of drug-likeness (QED) is 0.828. The molecule has 1 aliphatic heterocycles. The van der Waals surface area contributed by atoms with Gasteiger partial charge in [0, 0.05) is 20.7 Å². The number of ketones is 1. The normalized spacial score (nSPS) is 17.7. The number of rotatable bonds is 3. The van der Waals surface area contributed by atoms with Gasteiger partial charge in [0.25, 0.3) is 0 Å². The molecule has 0 bridgehead atoms. The van der Waals surface area contributed by atoms with Crippen LogP contribution in [0.2, 0.25) is 0 Å². The topological polar surface area (TPSA) is 17.1 Å². The minimum absolute atomic E-state index is 0.0939. The maximum Gasteiger partial charge on any atom is 0.151 e. The summed E-state index contributed by atoms with van der Waals surface area (Å²) < 4.78 is 1.06. The number of benzene rings is 1. The molecule has 0 fully saturated rings. The molecule has 0 N–H and O–H groups in total. The van der Waals surface area contributed by atoms with Gasteiger partial charge in [-0.2, -0.15) is 0 Å². The van der Waals surface area contributed by atoms with Crippen LogP contribution in [0.15, 0.2) is 45.1 Å². The molecule has 0 saturated carbocycles. The zero-order valence-corrected chi connectivity index (χ0v) is 12.8. The summed E-state index contributed by atoms with van der Waals surface area (Å²) >= 11 is 6.84. The molecule has 0 radical (unpaired) electrons. The lowest BCUT2D eigenvalue weighted by molar-refractivity contribution is -0.117. The molecule has 1 atom stereocenters. The molecule has 1 aromatic carbocycles. The molecule has 0 saturated heterocycles. The molecule has 0 amide bonds. The third kappa shape index (κ3) is 2.42. The Balaban J connectivity index is 1.71. The Morgan fingerprint density at radius 3 is 2.89 bits per heavy atom. The summed E-state index contributed by atoms with van der Waals surface area (Å²) in [6, 6.07) is 10.3. The van der Waals surface area contributed by atoms with E-state index in [1.54, 1.807) is 23.1 Å². The van der Waals surface area contributed by atoms with Gasteiger partial charge in [-0.05, 0) is 45.4 Å². The molecule has 0 spiro atoms. The van der Waals surface area contributed by atoms with E-state index in [1.165, 1.54) is 10.5 Å². The largest absolute Gasteiger partial charge is 0.298 e. The van der Waals surface area contributed by atoms with Crippen LogP contribution in [0.1, 0.15) is 10.4 Å². The van der Waals surface area contributed by atoms with E-state index in [2.05, 4.69) is 28.1 Å². The van der Waals surface area contributed by atoms with Crippen LogP contribution in [-0.2, 0) is 17.6 Å². The Morgan fingerprint density at radius 1 is 1.33 bits per heavy atom. The maximum atomic E-state index is 12.3. The fraction of sp³-hybridized carbons (Fsp3) is 0.214. The van der Waals surface area contributed by atoms with Crippen LogP contribution in [0.4, 0.5) is 0 Å². The van der Waals surface area contributed by atoms with E-state index >= 15 is 0 Å². The smallest absolute Gasteiger partial charge is 0.151 e. The molecule has 4 heteroatoms. The highest BCUT2D eigenvalue weighted by Gasteiger charge is 2.28. The van der Waals surface area contributed by atoms with Crippen LogP contribution in [-0.4, -0.2) is 11.0 Å². The summed E-state index contributed by atoms with van der Waals surface area (Å²) in [5.74, 6) is 0.333. The maximum absolute atomic E-state index is 12.3. The second kappa shape index (κ2) is 5.19. The minimum atomic E-state index is 0.0939. The highest BCUT2D eigenvalue weighted by Crippen LogP contribution is 2.38. The van der Waals surface area contributed by atoms with Gasteiger partial charge in [0.1, 0.15) is 0 Å². The first-order valence-electron chi connectivity index (χ1n) is 5.73. The second-order valence-corrected chi connectivity index (χ2v) is 7.35. The van der Waals surface area contributed by atoms with Crippen molar-refractivity contribution in [1.82, 2.24) is 0 Å². The summed E-state index contributed by atoms with van der Waals surface area (Å²) in [4.78, 5) is 14.7. The Morgan fingerprint density at radius 2 is 2.17 bits per heavy atom. The monoisotopic (exact) mass is 338 g/mol. The first kappa shape index (κ1) is 12.5. The lowest BCUT2D eigenvalue weighted by Gasteiger charge is -2.06. The Hall–Kier alpha value is -0.580. The predicted molar refractivity (Wildman–Crippen MR) is 80.5 cm³/mol. The zero-order valence-electron chi connectivity index (χ0n) is 9.56. The van der Waals surface area contributed by atoms with Gasteiger partial charge >= 0.3 is 0 Å².